The predicted molar refractivity (Wildman–Crippen MR) is 106 cm³/mol. The van der Waals surface area contributed by atoms with Crippen LogP contribution in [0.5, 0.6) is 0 Å². The van der Waals surface area contributed by atoms with E-state index in [1.54, 1.807) is 14.0 Å². The van der Waals surface area contributed by atoms with Crippen molar-refractivity contribution in [3.8, 4) is 0 Å². The fourth-order valence-electron chi connectivity index (χ4n) is 5.14. The van der Waals surface area contributed by atoms with E-state index in [0.717, 1.165) is 25.7 Å². The van der Waals surface area contributed by atoms with Crippen molar-refractivity contribution in [1.29, 1.82) is 0 Å². The highest BCUT2D eigenvalue weighted by molar-refractivity contribution is 6.25. The Labute approximate surface area is 175 Å². The summed E-state index contributed by atoms with van der Waals surface area (Å²) in [7, 11) is 1.55. The standard InChI is InChI=1S/C21H29N3O6/c1-4-5-6-7-8-29-18-11(2)16(25)15-14(17(18)26)12(10-30-20(22)27)21(28-3)19-13(23-19)9-24(15)21/h12-13,19,23H,4-10H2,1-3H3,(H2,22,27)/t12-,13+,19+,21-/m1/s1. The summed E-state index contributed by atoms with van der Waals surface area (Å²) < 4.78 is 16.8. The van der Waals surface area contributed by atoms with Gasteiger partial charge in [0.05, 0.1) is 24.3 Å². The number of ketones is 2. The topological polar surface area (TPSA) is 130 Å². The lowest BCUT2D eigenvalue weighted by atomic mass is 9.83. The normalized spacial score (nSPS) is 31.7. The number of carbonyl (C=O) groups is 3. The van der Waals surface area contributed by atoms with Crippen LogP contribution < -0.4 is 11.1 Å². The third kappa shape index (κ3) is 2.94. The van der Waals surface area contributed by atoms with Crippen molar-refractivity contribution in [2.45, 2.75) is 57.3 Å². The van der Waals surface area contributed by atoms with Crippen LogP contribution in [0.25, 0.3) is 0 Å². The quantitative estimate of drug-likeness (QED) is 0.321. The third-order valence-electron chi connectivity index (χ3n) is 6.62. The highest BCUT2D eigenvalue weighted by atomic mass is 16.6. The van der Waals surface area contributed by atoms with E-state index in [-0.39, 0.29) is 36.0 Å². The summed E-state index contributed by atoms with van der Waals surface area (Å²) in [6, 6.07) is 0.104. The zero-order valence-corrected chi connectivity index (χ0v) is 17.7. The number of carbonyl (C=O) groups excluding carboxylic acids is 3. The van der Waals surface area contributed by atoms with Gasteiger partial charge in [0.15, 0.2) is 11.5 Å². The van der Waals surface area contributed by atoms with E-state index in [2.05, 4.69) is 12.2 Å². The van der Waals surface area contributed by atoms with Crippen molar-refractivity contribution >= 4 is 17.7 Å². The Bertz CT molecular complexity index is 850. The van der Waals surface area contributed by atoms with Gasteiger partial charge in [-0.3, -0.25) is 9.59 Å². The molecule has 1 aliphatic carbocycles. The van der Waals surface area contributed by atoms with Crippen molar-refractivity contribution in [1.82, 2.24) is 10.2 Å². The molecular weight excluding hydrogens is 390 g/mol. The molecule has 0 radical (unpaired) electrons. The van der Waals surface area contributed by atoms with Gasteiger partial charge in [0.25, 0.3) is 0 Å². The first-order valence-corrected chi connectivity index (χ1v) is 10.6. The zero-order valence-electron chi connectivity index (χ0n) is 17.7. The largest absolute Gasteiger partial charge is 0.489 e. The second-order valence-electron chi connectivity index (χ2n) is 8.28. The maximum absolute atomic E-state index is 13.5. The van der Waals surface area contributed by atoms with Crippen LogP contribution in [0.3, 0.4) is 0 Å². The van der Waals surface area contributed by atoms with E-state index in [1.807, 2.05) is 4.90 Å². The number of ether oxygens (including phenoxy) is 3. The van der Waals surface area contributed by atoms with Crippen molar-refractivity contribution in [2.24, 2.45) is 11.7 Å². The monoisotopic (exact) mass is 419 g/mol. The molecular formula is C21H29N3O6. The van der Waals surface area contributed by atoms with E-state index in [0.29, 0.717) is 30.0 Å². The summed E-state index contributed by atoms with van der Waals surface area (Å²) in [5.41, 5.74) is 5.17. The van der Waals surface area contributed by atoms with Crippen LogP contribution in [0.15, 0.2) is 22.6 Å². The van der Waals surface area contributed by atoms with Crippen molar-refractivity contribution < 1.29 is 28.6 Å². The van der Waals surface area contributed by atoms with Crippen LogP contribution in [-0.4, -0.2) is 67.2 Å². The molecule has 0 bridgehead atoms. The summed E-state index contributed by atoms with van der Waals surface area (Å²) in [6.45, 7) is 4.52. The lowest BCUT2D eigenvalue weighted by Gasteiger charge is -2.39. The first kappa shape index (κ1) is 20.9. The second kappa shape index (κ2) is 7.70. The summed E-state index contributed by atoms with van der Waals surface area (Å²) >= 11 is 0. The van der Waals surface area contributed by atoms with Gasteiger partial charge in [0.2, 0.25) is 11.6 Å². The van der Waals surface area contributed by atoms with Gasteiger partial charge in [0, 0.05) is 30.8 Å². The number of hydrogen-bond acceptors (Lipinski definition) is 8. The fourth-order valence-corrected chi connectivity index (χ4v) is 5.14. The number of nitrogens with one attached hydrogen (secondary N) is 1. The van der Waals surface area contributed by atoms with E-state index >= 15 is 0 Å². The van der Waals surface area contributed by atoms with Gasteiger partial charge in [-0.2, -0.15) is 0 Å². The highest BCUT2D eigenvalue weighted by Crippen LogP contribution is 2.55. The second-order valence-corrected chi connectivity index (χ2v) is 8.28. The molecule has 3 aliphatic heterocycles. The molecule has 3 heterocycles. The van der Waals surface area contributed by atoms with Gasteiger partial charge < -0.3 is 30.2 Å². The van der Waals surface area contributed by atoms with E-state index in [9.17, 15) is 14.4 Å². The van der Waals surface area contributed by atoms with Gasteiger partial charge in [0.1, 0.15) is 6.61 Å². The number of rotatable bonds is 9. The number of nitrogens with two attached hydrogens (primary N) is 1. The number of nitrogens with zero attached hydrogens (tertiary/aromatic N) is 1. The first-order chi connectivity index (χ1) is 14.4. The first-order valence-electron chi connectivity index (χ1n) is 10.6. The van der Waals surface area contributed by atoms with Crippen LogP contribution in [-0.2, 0) is 23.8 Å². The lowest BCUT2D eigenvalue weighted by molar-refractivity contribution is -0.137. The molecule has 1 amide bonds. The SMILES string of the molecule is CCCCCCOC1=C(C)C(=O)C2=C(C1=O)[C@@H](COC(N)=O)[C@@]1(OC)[C@H]3N[C@H]3CN21. The number of primary amides is 1. The molecule has 0 aromatic rings. The summed E-state index contributed by atoms with van der Waals surface area (Å²) in [4.78, 5) is 40.0. The molecule has 0 unspecified atom stereocenters. The molecule has 4 aliphatic rings. The summed E-state index contributed by atoms with van der Waals surface area (Å²) in [6.07, 6.45) is 3.07. The summed E-state index contributed by atoms with van der Waals surface area (Å²) in [5, 5.41) is 3.33. The number of fused-ring (bicyclic) bond motifs is 4. The molecule has 2 saturated heterocycles. The Hall–Kier alpha value is -2.39. The van der Waals surface area contributed by atoms with Gasteiger partial charge in [-0.25, -0.2) is 4.79 Å². The van der Waals surface area contributed by atoms with Crippen LogP contribution in [0.4, 0.5) is 4.79 Å². The maximum atomic E-state index is 13.5. The minimum Gasteiger partial charge on any atom is -0.489 e. The molecule has 0 saturated carbocycles. The molecule has 3 N–H and O–H groups in total. The van der Waals surface area contributed by atoms with Gasteiger partial charge >= 0.3 is 6.09 Å². The van der Waals surface area contributed by atoms with Crippen LogP contribution in [0, 0.1) is 5.92 Å². The Morgan fingerprint density at radius 2 is 2.03 bits per heavy atom. The molecule has 2 fully saturated rings. The number of Topliss-reactive ketones (excluding diaryl/α,β-unsaturated/α-hetero) is 2. The Morgan fingerprint density at radius 3 is 2.70 bits per heavy atom. The number of amides is 1. The van der Waals surface area contributed by atoms with E-state index < -0.39 is 17.7 Å². The number of allylic oxidation sites excluding steroid dienone is 2. The van der Waals surface area contributed by atoms with E-state index in [4.69, 9.17) is 19.9 Å². The van der Waals surface area contributed by atoms with Gasteiger partial charge in [-0.15, -0.1) is 0 Å². The van der Waals surface area contributed by atoms with Crippen molar-refractivity contribution in [2.75, 3.05) is 26.9 Å². The number of methoxy groups -OCH3 is 1. The van der Waals surface area contributed by atoms with Crippen LogP contribution >= 0.6 is 0 Å². The van der Waals surface area contributed by atoms with E-state index in [1.165, 1.54) is 0 Å². The van der Waals surface area contributed by atoms with Gasteiger partial charge in [-0.1, -0.05) is 26.2 Å². The molecule has 0 aromatic heterocycles. The Kier molecular flexibility index (Phi) is 5.36. The molecule has 164 valence electrons. The van der Waals surface area contributed by atoms with Crippen molar-refractivity contribution in [3.63, 3.8) is 0 Å². The predicted octanol–water partition coefficient (Wildman–Crippen LogP) is 0.987. The van der Waals surface area contributed by atoms with Gasteiger partial charge in [-0.05, 0) is 13.3 Å². The molecule has 9 heteroatoms. The average molecular weight is 419 g/mol. The number of hydrogen-bond donors (Lipinski definition) is 2. The minimum absolute atomic E-state index is 0.0612. The van der Waals surface area contributed by atoms with Crippen molar-refractivity contribution in [3.05, 3.63) is 22.6 Å². The molecule has 9 nitrogen and oxygen atoms in total. The fraction of sp³-hybridized carbons (Fsp3) is 0.667. The Balaban J connectivity index is 1.64. The Morgan fingerprint density at radius 1 is 1.27 bits per heavy atom. The average Bonchev–Trinajstić information content (AvgIpc) is 3.33. The highest BCUT2D eigenvalue weighted by Gasteiger charge is 2.72. The number of piperazine rings is 1. The molecule has 30 heavy (non-hydrogen) atoms. The lowest BCUT2D eigenvalue weighted by Crippen LogP contribution is -2.55. The van der Waals surface area contributed by atoms with Crippen LogP contribution in [0.1, 0.15) is 39.5 Å². The molecule has 4 atom stereocenters. The third-order valence-corrected chi connectivity index (χ3v) is 6.62. The minimum atomic E-state index is -0.965. The summed E-state index contributed by atoms with van der Waals surface area (Å²) in [5.74, 6) is -1.12. The number of unbranched alkanes of at least 4 members (excludes halogenated alkanes) is 3. The van der Waals surface area contributed by atoms with Crippen LogP contribution in [0.2, 0.25) is 0 Å². The molecule has 0 spiro atoms. The molecule has 4 rings (SSSR count). The molecule has 0 aromatic carbocycles. The maximum Gasteiger partial charge on any atom is 0.404 e. The zero-order chi connectivity index (χ0) is 21.6. The smallest absolute Gasteiger partial charge is 0.404 e.